The van der Waals surface area contributed by atoms with E-state index in [2.05, 4.69) is 24.8 Å². The molecule has 0 unspecified atom stereocenters. The van der Waals surface area contributed by atoms with Crippen molar-refractivity contribution in [3.05, 3.63) is 58.4 Å². The average Bonchev–Trinajstić information content (AvgIpc) is 2.83. The number of hydrogen-bond acceptors (Lipinski definition) is 7. The van der Waals surface area contributed by atoms with E-state index in [4.69, 9.17) is 0 Å². The van der Waals surface area contributed by atoms with E-state index >= 15 is 0 Å². The number of aromatic amines is 1. The molecule has 4 rings (SSSR count). The monoisotopic (exact) mass is 449 g/mol. The van der Waals surface area contributed by atoms with Crippen LogP contribution in [0.4, 0.5) is 5.95 Å². The van der Waals surface area contributed by atoms with Crippen molar-refractivity contribution in [2.45, 2.75) is 31.7 Å². The van der Waals surface area contributed by atoms with Crippen LogP contribution in [0.5, 0.6) is 0 Å². The van der Waals surface area contributed by atoms with Crippen molar-refractivity contribution < 1.29 is 4.79 Å². The first kappa shape index (κ1) is 22.8. The fraction of sp³-hybridized carbons (Fsp3) is 0.458. The number of nitrogens with zero attached hydrogens (tertiary/aromatic N) is 6. The van der Waals surface area contributed by atoms with Gasteiger partial charge in [0.1, 0.15) is 0 Å². The zero-order valence-electron chi connectivity index (χ0n) is 19.5. The molecule has 1 fully saturated rings. The van der Waals surface area contributed by atoms with Gasteiger partial charge in [-0.3, -0.25) is 14.6 Å². The van der Waals surface area contributed by atoms with E-state index in [1.807, 2.05) is 55.3 Å². The van der Waals surface area contributed by atoms with Crippen LogP contribution < -0.4 is 10.5 Å². The Hall–Kier alpha value is -3.33. The summed E-state index contributed by atoms with van der Waals surface area (Å²) in [5.41, 5.74) is 2.52. The summed E-state index contributed by atoms with van der Waals surface area (Å²) in [6.07, 6.45) is 7.34. The third kappa shape index (κ3) is 5.54. The maximum absolute atomic E-state index is 12.7. The highest BCUT2D eigenvalue weighted by Gasteiger charge is 2.25. The third-order valence-electron chi connectivity index (χ3n) is 6.17. The van der Waals surface area contributed by atoms with Crippen molar-refractivity contribution in [3.8, 4) is 0 Å². The minimum atomic E-state index is -0.164. The van der Waals surface area contributed by atoms with Crippen LogP contribution in [-0.4, -0.2) is 76.4 Å². The number of aromatic nitrogens is 4. The van der Waals surface area contributed by atoms with Gasteiger partial charge in [-0.25, -0.2) is 9.97 Å². The van der Waals surface area contributed by atoms with Crippen LogP contribution in [0.25, 0.3) is 10.9 Å². The van der Waals surface area contributed by atoms with Crippen molar-refractivity contribution in [1.29, 1.82) is 0 Å². The zero-order valence-corrected chi connectivity index (χ0v) is 19.5. The summed E-state index contributed by atoms with van der Waals surface area (Å²) < 4.78 is 0. The normalized spacial score (nSPS) is 14.7. The molecule has 0 atom stereocenters. The first-order valence-electron chi connectivity index (χ1n) is 11.3. The number of nitrogens with one attached hydrogen (secondary N) is 1. The van der Waals surface area contributed by atoms with Crippen molar-refractivity contribution in [1.82, 2.24) is 29.7 Å². The Morgan fingerprint density at radius 2 is 2.00 bits per heavy atom. The average molecular weight is 450 g/mol. The fourth-order valence-corrected chi connectivity index (χ4v) is 4.25. The smallest absolute Gasteiger partial charge is 0.259 e. The molecule has 4 heterocycles. The minimum absolute atomic E-state index is 0.164. The molecule has 0 spiro atoms. The lowest BCUT2D eigenvalue weighted by molar-refractivity contribution is -0.132. The first-order chi connectivity index (χ1) is 15.9. The number of anilines is 1. The molecule has 1 saturated heterocycles. The SMILES string of the molecule is CN(CCC(=O)N1CCC(c2cc3nc(N(C)C)ncc3c(=O)[nH]2)CC1)Cc1cccnc1. The van der Waals surface area contributed by atoms with Crippen LogP contribution in [0.1, 0.15) is 36.4 Å². The van der Waals surface area contributed by atoms with Gasteiger partial charge in [-0.15, -0.1) is 0 Å². The number of likely N-dealkylation sites (tertiary alicyclic amines) is 1. The van der Waals surface area contributed by atoms with Crippen LogP contribution in [-0.2, 0) is 11.3 Å². The first-order valence-corrected chi connectivity index (χ1v) is 11.3. The van der Waals surface area contributed by atoms with E-state index in [0.717, 1.165) is 30.6 Å². The second-order valence-corrected chi connectivity index (χ2v) is 8.92. The number of carbonyl (C=O) groups is 1. The molecule has 33 heavy (non-hydrogen) atoms. The molecular weight excluding hydrogens is 418 g/mol. The van der Waals surface area contributed by atoms with Gasteiger partial charge in [0.25, 0.3) is 5.56 Å². The third-order valence-corrected chi connectivity index (χ3v) is 6.17. The molecule has 0 saturated carbocycles. The van der Waals surface area contributed by atoms with E-state index in [0.29, 0.717) is 42.9 Å². The number of H-pyrrole nitrogens is 1. The quantitative estimate of drug-likeness (QED) is 0.589. The van der Waals surface area contributed by atoms with E-state index in [-0.39, 0.29) is 17.4 Å². The number of rotatable bonds is 7. The molecule has 0 radical (unpaired) electrons. The molecule has 174 valence electrons. The van der Waals surface area contributed by atoms with Gasteiger partial charge in [0.15, 0.2) is 0 Å². The molecule has 1 N–H and O–H groups in total. The lowest BCUT2D eigenvalue weighted by Crippen LogP contribution is -2.39. The van der Waals surface area contributed by atoms with Gasteiger partial charge in [0.2, 0.25) is 11.9 Å². The summed E-state index contributed by atoms with van der Waals surface area (Å²) in [5, 5.41) is 0.493. The second kappa shape index (κ2) is 10.1. The van der Waals surface area contributed by atoms with Crippen LogP contribution in [0, 0.1) is 0 Å². The highest BCUT2D eigenvalue weighted by atomic mass is 16.2. The molecule has 9 heteroatoms. The van der Waals surface area contributed by atoms with Crippen LogP contribution in [0.15, 0.2) is 41.6 Å². The second-order valence-electron chi connectivity index (χ2n) is 8.92. The molecule has 0 aromatic carbocycles. The lowest BCUT2D eigenvalue weighted by Gasteiger charge is -2.32. The largest absolute Gasteiger partial charge is 0.347 e. The number of fused-ring (bicyclic) bond motifs is 1. The summed E-state index contributed by atoms with van der Waals surface area (Å²) in [7, 11) is 5.77. The van der Waals surface area contributed by atoms with Crippen LogP contribution in [0.2, 0.25) is 0 Å². The van der Waals surface area contributed by atoms with E-state index in [1.165, 1.54) is 0 Å². The predicted molar refractivity (Wildman–Crippen MR) is 128 cm³/mol. The van der Waals surface area contributed by atoms with Gasteiger partial charge >= 0.3 is 0 Å². The van der Waals surface area contributed by atoms with Crippen molar-refractivity contribution in [3.63, 3.8) is 0 Å². The molecule has 1 aliphatic rings. The number of carbonyl (C=O) groups excluding carboxylic acids is 1. The Bertz CT molecular complexity index is 1150. The molecule has 0 aliphatic carbocycles. The van der Waals surface area contributed by atoms with Gasteiger partial charge in [-0.1, -0.05) is 6.07 Å². The Morgan fingerprint density at radius 1 is 1.21 bits per heavy atom. The standard InChI is InChI=1S/C24H31N7O2/c1-29(2)24-26-15-19-21(28-24)13-20(27-23(19)33)18-6-11-31(12-7-18)22(32)8-10-30(3)16-17-5-4-9-25-14-17/h4-5,9,13-15,18H,6-8,10-12,16H2,1-3H3,(H,27,33). The summed E-state index contributed by atoms with van der Waals surface area (Å²) >= 11 is 0. The van der Waals surface area contributed by atoms with Crippen molar-refractivity contribution in [2.75, 3.05) is 45.7 Å². The Kier molecular flexibility index (Phi) is 6.98. The van der Waals surface area contributed by atoms with Crippen LogP contribution >= 0.6 is 0 Å². The topological polar surface area (TPSA) is 98.3 Å². The van der Waals surface area contributed by atoms with Crippen LogP contribution in [0.3, 0.4) is 0 Å². The summed E-state index contributed by atoms with van der Waals surface area (Å²) in [6.45, 7) is 2.88. The maximum atomic E-state index is 12.7. The molecule has 1 aliphatic heterocycles. The van der Waals surface area contributed by atoms with Gasteiger partial charge in [0.05, 0.1) is 10.9 Å². The zero-order chi connectivity index (χ0) is 23.4. The Morgan fingerprint density at radius 3 is 2.70 bits per heavy atom. The van der Waals surface area contributed by atoms with E-state index in [9.17, 15) is 9.59 Å². The van der Waals surface area contributed by atoms with Gasteiger partial charge in [-0.05, 0) is 37.6 Å². The molecular formula is C24H31N7O2. The highest BCUT2D eigenvalue weighted by Crippen LogP contribution is 2.27. The van der Waals surface area contributed by atoms with E-state index in [1.54, 1.807) is 12.4 Å². The summed E-state index contributed by atoms with van der Waals surface area (Å²) in [5.74, 6) is 0.965. The summed E-state index contributed by atoms with van der Waals surface area (Å²) in [6, 6.07) is 5.93. The van der Waals surface area contributed by atoms with Crippen molar-refractivity contribution in [2.24, 2.45) is 0 Å². The number of piperidine rings is 1. The summed E-state index contributed by atoms with van der Waals surface area (Å²) in [4.78, 5) is 47.1. The highest BCUT2D eigenvalue weighted by molar-refractivity contribution is 5.78. The van der Waals surface area contributed by atoms with Gasteiger partial charge in [0, 0.05) is 76.9 Å². The van der Waals surface area contributed by atoms with Gasteiger partial charge in [-0.2, -0.15) is 0 Å². The number of pyridine rings is 2. The molecule has 9 nitrogen and oxygen atoms in total. The number of amides is 1. The number of hydrogen-bond donors (Lipinski definition) is 1. The van der Waals surface area contributed by atoms with Gasteiger partial charge < -0.3 is 19.7 Å². The molecule has 3 aromatic heterocycles. The molecule has 1 amide bonds. The fourth-order valence-electron chi connectivity index (χ4n) is 4.25. The molecule has 3 aromatic rings. The Balaban J connectivity index is 1.33. The Labute approximate surface area is 193 Å². The van der Waals surface area contributed by atoms with Crippen molar-refractivity contribution >= 4 is 22.8 Å². The molecule has 0 bridgehead atoms. The predicted octanol–water partition coefficient (Wildman–Crippen LogP) is 2.01. The minimum Gasteiger partial charge on any atom is -0.347 e. The lowest BCUT2D eigenvalue weighted by atomic mass is 9.92. The van der Waals surface area contributed by atoms with E-state index < -0.39 is 0 Å². The maximum Gasteiger partial charge on any atom is 0.259 e.